The van der Waals surface area contributed by atoms with Crippen molar-refractivity contribution in [1.82, 2.24) is 0 Å². The number of aliphatic carboxylic acids is 1. The molecule has 3 N–H and O–H groups in total. The molecule has 0 saturated carbocycles. The Labute approximate surface area is 75.3 Å². The van der Waals surface area contributed by atoms with E-state index in [-0.39, 0.29) is 0 Å². The van der Waals surface area contributed by atoms with Gasteiger partial charge in [-0.2, -0.15) is 11.8 Å². The highest BCUT2D eigenvalue weighted by Gasteiger charge is 2.09. The van der Waals surface area contributed by atoms with Gasteiger partial charge in [-0.3, -0.25) is 4.79 Å². The van der Waals surface area contributed by atoms with Crippen molar-refractivity contribution in [2.75, 3.05) is 17.4 Å². The third kappa shape index (κ3) is 6.47. The predicted molar refractivity (Wildman–Crippen MR) is 48.3 cm³/mol. The second-order valence-corrected chi connectivity index (χ2v) is 3.59. The monoisotopic (exact) mass is 197 g/mol. The average molecular weight is 198 g/mol. The van der Waals surface area contributed by atoms with Crippen LogP contribution in [0.5, 0.6) is 0 Å². The van der Waals surface area contributed by atoms with E-state index in [4.69, 9.17) is 22.4 Å². The average Bonchev–Trinajstić information content (AvgIpc) is 1.97. The fourth-order valence-electron chi connectivity index (χ4n) is 0.438. The molecule has 0 aromatic carbocycles. The Kier molecular flexibility index (Phi) is 6.80. The summed E-state index contributed by atoms with van der Waals surface area (Å²) in [6.45, 7) is 0. The van der Waals surface area contributed by atoms with Crippen LogP contribution in [0.25, 0.3) is 0 Å². The van der Waals surface area contributed by atoms with E-state index in [1.54, 1.807) is 0 Å². The number of hydrogen-bond donors (Lipinski definition) is 2. The molecule has 0 aliphatic heterocycles. The Morgan fingerprint density at radius 3 is 2.82 bits per heavy atom. The minimum absolute atomic E-state index is 0.465. The smallest absolute Gasteiger partial charge is 0.321 e. The zero-order valence-electron chi connectivity index (χ0n) is 6.12. The van der Waals surface area contributed by atoms with E-state index in [2.05, 4.69) is 0 Å². The molecule has 0 aliphatic rings. The minimum atomic E-state index is -0.941. The summed E-state index contributed by atoms with van der Waals surface area (Å²) in [6, 6.07) is -0.740. The second kappa shape index (κ2) is 6.76. The zero-order valence-corrected chi connectivity index (χ0v) is 7.70. The lowest BCUT2D eigenvalue weighted by Gasteiger charge is -2.04. The van der Waals surface area contributed by atoms with Crippen molar-refractivity contribution >= 4 is 29.3 Å². The maximum atomic E-state index is 10.2. The lowest BCUT2D eigenvalue weighted by atomic mass is 10.4. The number of rotatable bonds is 6. The molecule has 1 atom stereocenters. The van der Waals surface area contributed by atoms with Crippen LogP contribution in [0.3, 0.4) is 0 Å². The summed E-state index contributed by atoms with van der Waals surface area (Å²) in [4.78, 5) is 10.2. The molecule has 3 nitrogen and oxygen atoms in total. The summed E-state index contributed by atoms with van der Waals surface area (Å²) in [5.41, 5.74) is 5.25. The van der Waals surface area contributed by atoms with Gasteiger partial charge in [0.15, 0.2) is 0 Å². The molecule has 0 rings (SSSR count). The molecule has 0 heterocycles. The summed E-state index contributed by atoms with van der Waals surface area (Å²) >= 11 is 6.94. The van der Waals surface area contributed by atoms with Crippen LogP contribution in [0.2, 0.25) is 0 Å². The predicted octanol–water partition coefficient (Wildman–Crippen LogP) is 0.760. The Hall–Kier alpha value is 0.0700. The molecule has 11 heavy (non-hydrogen) atoms. The maximum absolute atomic E-state index is 10.2. The van der Waals surface area contributed by atoms with Crippen molar-refractivity contribution in [3.63, 3.8) is 0 Å². The van der Waals surface area contributed by atoms with Crippen molar-refractivity contribution in [3.05, 3.63) is 0 Å². The Balaban J connectivity index is 3.17. The first-order valence-corrected chi connectivity index (χ1v) is 4.99. The van der Waals surface area contributed by atoms with E-state index >= 15 is 0 Å². The van der Waals surface area contributed by atoms with E-state index in [0.717, 1.165) is 12.2 Å². The number of nitrogens with two attached hydrogens (primary N) is 1. The molecule has 0 spiro atoms. The van der Waals surface area contributed by atoms with Gasteiger partial charge in [-0.25, -0.2) is 0 Å². The maximum Gasteiger partial charge on any atom is 0.321 e. The molecule has 66 valence electrons. The first kappa shape index (κ1) is 11.1. The minimum Gasteiger partial charge on any atom is -0.480 e. The lowest BCUT2D eigenvalue weighted by Crippen LogP contribution is -2.32. The third-order valence-corrected chi connectivity index (χ3v) is 2.48. The van der Waals surface area contributed by atoms with Gasteiger partial charge in [0.1, 0.15) is 6.04 Å². The number of halogens is 1. The number of carboxylic acids is 1. The number of alkyl halides is 1. The lowest BCUT2D eigenvalue weighted by molar-refractivity contribution is -0.137. The summed E-state index contributed by atoms with van der Waals surface area (Å²) in [7, 11) is 0. The first-order valence-electron chi connectivity index (χ1n) is 3.30. The normalized spacial score (nSPS) is 12.9. The van der Waals surface area contributed by atoms with Crippen LogP contribution in [0.15, 0.2) is 0 Å². The van der Waals surface area contributed by atoms with Gasteiger partial charge in [-0.15, -0.1) is 11.6 Å². The first-order chi connectivity index (χ1) is 5.18. The van der Waals surface area contributed by atoms with E-state index in [1.807, 2.05) is 0 Å². The number of hydrogen-bond acceptors (Lipinski definition) is 3. The molecule has 0 aliphatic carbocycles. The SMILES string of the molecule is NC(CSCCCCl)C(=O)O. The van der Waals surface area contributed by atoms with Crippen molar-refractivity contribution in [2.45, 2.75) is 12.5 Å². The molecular formula is C6H12ClNO2S. The van der Waals surface area contributed by atoms with E-state index < -0.39 is 12.0 Å². The zero-order chi connectivity index (χ0) is 8.69. The van der Waals surface area contributed by atoms with Gasteiger partial charge in [0.05, 0.1) is 0 Å². The van der Waals surface area contributed by atoms with E-state index in [1.165, 1.54) is 11.8 Å². The molecular weight excluding hydrogens is 186 g/mol. The van der Waals surface area contributed by atoms with Crippen LogP contribution in [0, 0.1) is 0 Å². The van der Waals surface area contributed by atoms with Gasteiger partial charge in [-0.1, -0.05) is 0 Å². The van der Waals surface area contributed by atoms with Crippen molar-refractivity contribution < 1.29 is 9.90 Å². The fourth-order valence-corrected chi connectivity index (χ4v) is 1.64. The fraction of sp³-hybridized carbons (Fsp3) is 0.833. The Bertz CT molecular complexity index is 123. The second-order valence-electron chi connectivity index (χ2n) is 2.06. The van der Waals surface area contributed by atoms with E-state index in [0.29, 0.717) is 11.6 Å². The number of thioether (sulfide) groups is 1. The highest BCUT2D eigenvalue weighted by Crippen LogP contribution is 2.04. The molecule has 0 amide bonds. The number of carboxylic acid groups (broad SMARTS) is 1. The highest BCUT2D eigenvalue weighted by molar-refractivity contribution is 7.99. The van der Waals surface area contributed by atoms with Crippen molar-refractivity contribution in [3.8, 4) is 0 Å². The molecule has 0 bridgehead atoms. The Morgan fingerprint density at radius 1 is 1.73 bits per heavy atom. The molecule has 0 fully saturated rings. The van der Waals surface area contributed by atoms with Crippen LogP contribution < -0.4 is 5.73 Å². The topological polar surface area (TPSA) is 63.3 Å². The van der Waals surface area contributed by atoms with Crippen LogP contribution in [-0.2, 0) is 4.79 Å². The van der Waals surface area contributed by atoms with Gasteiger partial charge >= 0.3 is 5.97 Å². The summed E-state index contributed by atoms with van der Waals surface area (Å²) in [5.74, 6) is 1.02. The summed E-state index contributed by atoms with van der Waals surface area (Å²) < 4.78 is 0. The molecule has 0 aromatic heterocycles. The van der Waals surface area contributed by atoms with Gasteiger partial charge in [0.25, 0.3) is 0 Å². The third-order valence-electron chi connectivity index (χ3n) is 1.04. The highest BCUT2D eigenvalue weighted by atomic mass is 35.5. The molecule has 5 heteroatoms. The molecule has 1 unspecified atom stereocenters. The van der Waals surface area contributed by atoms with E-state index in [9.17, 15) is 4.79 Å². The van der Waals surface area contributed by atoms with Gasteiger partial charge < -0.3 is 10.8 Å². The standard InChI is InChI=1S/C6H12ClNO2S/c7-2-1-3-11-4-5(8)6(9)10/h5H,1-4,8H2,(H,9,10). The largest absolute Gasteiger partial charge is 0.480 e. The quantitative estimate of drug-likeness (QED) is 0.488. The van der Waals surface area contributed by atoms with Crippen LogP contribution in [0.1, 0.15) is 6.42 Å². The van der Waals surface area contributed by atoms with Gasteiger partial charge in [0.2, 0.25) is 0 Å². The van der Waals surface area contributed by atoms with Crippen LogP contribution in [-0.4, -0.2) is 34.5 Å². The van der Waals surface area contributed by atoms with Gasteiger partial charge in [0, 0.05) is 11.6 Å². The summed E-state index contributed by atoms with van der Waals surface area (Å²) in [6.07, 6.45) is 0.901. The van der Waals surface area contributed by atoms with Crippen molar-refractivity contribution in [2.24, 2.45) is 5.73 Å². The molecule has 0 radical (unpaired) electrons. The van der Waals surface area contributed by atoms with Crippen LogP contribution >= 0.6 is 23.4 Å². The number of carbonyl (C=O) groups is 1. The molecule has 0 saturated heterocycles. The van der Waals surface area contributed by atoms with Crippen LogP contribution in [0.4, 0.5) is 0 Å². The van der Waals surface area contributed by atoms with Crippen molar-refractivity contribution in [1.29, 1.82) is 0 Å². The summed E-state index contributed by atoms with van der Waals surface area (Å²) in [5, 5.41) is 8.37. The Morgan fingerprint density at radius 2 is 2.36 bits per heavy atom. The van der Waals surface area contributed by atoms with Gasteiger partial charge in [-0.05, 0) is 12.2 Å². The molecule has 0 aromatic rings.